The van der Waals surface area contributed by atoms with E-state index in [0.29, 0.717) is 11.3 Å². The van der Waals surface area contributed by atoms with E-state index in [1.807, 2.05) is 0 Å². The lowest BCUT2D eigenvalue weighted by atomic mass is 10.1. The van der Waals surface area contributed by atoms with Gasteiger partial charge in [-0.05, 0) is 31.2 Å². The van der Waals surface area contributed by atoms with Crippen LogP contribution in [0, 0.1) is 10.1 Å². The summed E-state index contributed by atoms with van der Waals surface area (Å²) in [5.41, 5.74) is 2.71. The van der Waals surface area contributed by atoms with Gasteiger partial charge in [-0.15, -0.1) is 0 Å². The van der Waals surface area contributed by atoms with Crippen molar-refractivity contribution in [2.45, 2.75) is 13.3 Å². The molecule has 0 aliphatic heterocycles. The molecular formula is C20H18N6O6. The fourth-order valence-electron chi connectivity index (χ4n) is 2.86. The number of H-pyrrole nitrogens is 1. The molecule has 12 nitrogen and oxygen atoms in total. The van der Waals surface area contributed by atoms with Gasteiger partial charge in [0.25, 0.3) is 17.2 Å². The molecule has 2 heterocycles. The summed E-state index contributed by atoms with van der Waals surface area (Å²) in [5, 5.41) is 17.7. The molecular weight excluding hydrogens is 420 g/mol. The number of methoxy groups -OCH3 is 1. The average Bonchev–Trinajstić information content (AvgIpc) is 3.13. The molecule has 0 saturated heterocycles. The lowest BCUT2D eigenvalue weighted by molar-refractivity contribution is -0.384. The second-order valence-electron chi connectivity index (χ2n) is 6.51. The van der Waals surface area contributed by atoms with E-state index in [4.69, 9.17) is 0 Å². The molecule has 1 aromatic carbocycles. The topological polar surface area (TPSA) is 162 Å². The molecule has 32 heavy (non-hydrogen) atoms. The maximum atomic E-state index is 13.1. The Morgan fingerprint density at radius 2 is 1.88 bits per heavy atom. The van der Waals surface area contributed by atoms with E-state index in [1.54, 1.807) is 0 Å². The zero-order chi connectivity index (χ0) is 23.3. The van der Waals surface area contributed by atoms with Crippen LogP contribution in [0.25, 0.3) is 5.69 Å². The highest BCUT2D eigenvalue weighted by atomic mass is 16.6. The van der Waals surface area contributed by atoms with Gasteiger partial charge in [0.2, 0.25) is 0 Å². The molecule has 12 heteroatoms. The summed E-state index contributed by atoms with van der Waals surface area (Å²) in [6, 6.07) is 8.27. The lowest BCUT2D eigenvalue weighted by Crippen LogP contribution is -2.24. The third-order valence-electron chi connectivity index (χ3n) is 4.46. The van der Waals surface area contributed by atoms with Crippen LogP contribution in [0.2, 0.25) is 0 Å². The van der Waals surface area contributed by atoms with Crippen LogP contribution in [0.1, 0.15) is 28.5 Å². The number of hydrogen-bond donors (Lipinski definition) is 2. The number of carbonyl (C=O) groups excluding carboxylic acids is 2. The smallest absolute Gasteiger partial charge is 0.311 e. The van der Waals surface area contributed by atoms with Gasteiger partial charge in [0.05, 0.1) is 41.1 Å². The first kappa shape index (κ1) is 22.1. The molecule has 0 fully saturated rings. The van der Waals surface area contributed by atoms with E-state index in [9.17, 15) is 24.5 Å². The Bertz CT molecular complexity index is 1240. The third kappa shape index (κ3) is 4.75. The first-order valence-corrected chi connectivity index (χ1v) is 9.22. The maximum Gasteiger partial charge on any atom is 0.311 e. The number of amides is 1. The lowest BCUT2D eigenvalue weighted by Gasteiger charge is -2.03. The van der Waals surface area contributed by atoms with Gasteiger partial charge in [-0.1, -0.05) is 0 Å². The molecule has 0 atom stereocenters. The molecule has 2 aromatic heterocycles. The fourth-order valence-corrected chi connectivity index (χ4v) is 2.86. The number of esters is 1. The number of benzene rings is 1. The number of hydrazone groups is 1. The van der Waals surface area contributed by atoms with Crippen LogP contribution in [0.4, 0.5) is 5.69 Å². The minimum absolute atomic E-state index is 0.0591. The Labute approximate surface area is 180 Å². The highest BCUT2D eigenvalue weighted by Crippen LogP contribution is 2.15. The number of nitrogens with zero attached hydrogens (tertiary/aromatic N) is 4. The Kier molecular flexibility index (Phi) is 6.53. The minimum atomic E-state index is -0.600. The maximum absolute atomic E-state index is 13.1. The summed E-state index contributed by atoms with van der Waals surface area (Å²) in [7, 11) is 1.21. The molecule has 0 radical (unpaired) electrons. The Morgan fingerprint density at radius 3 is 2.47 bits per heavy atom. The van der Waals surface area contributed by atoms with Gasteiger partial charge in [-0.3, -0.25) is 34.6 Å². The first-order valence-electron chi connectivity index (χ1n) is 9.22. The van der Waals surface area contributed by atoms with Crippen molar-refractivity contribution >= 4 is 23.3 Å². The van der Waals surface area contributed by atoms with Gasteiger partial charge >= 0.3 is 5.97 Å². The van der Waals surface area contributed by atoms with E-state index < -0.39 is 22.4 Å². The van der Waals surface area contributed by atoms with Crippen LogP contribution in [0.5, 0.6) is 0 Å². The summed E-state index contributed by atoms with van der Waals surface area (Å²) in [4.78, 5) is 51.3. The molecule has 0 aliphatic carbocycles. The summed E-state index contributed by atoms with van der Waals surface area (Å²) in [6.45, 7) is 1.50. The van der Waals surface area contributed by atoms with Gasteiger partial charge in [0, 0.05) is 30.1 Å². The number of aromatic amines is 1. The average molecular weight is 438 g/mol. The zero-order valence-corrected chi connectivity index (χ0v) is 17.1. The quantitative estimate of drug-likeness (QED) is 0.243. The normalized spacial score (nSPS) is 11.1. The first-order chi connectivity index (χ1) is 15.3. The number of ether oxygens (including phenoxy) is 1. The van der Waals surface area contributed by atoms with Gasteiger partial charge in [-0.25, -0.2) is 10.1 Å². The summed E-state index contributed by atoms with van der Waals surface area (Å²) < 4.78 is 5.81. The second-order valence-corrected chi connectivity index (χ2v) is 6.51. The number of pyridine rings is 1. The van der Waals surface area contributed by atoms with E-state index in [0.717, 1.165) is 4.68 Å². The fraction of sp³-hybridized carbons (Fsp3) is 0.150. The van der Waals surface area contributed by atoms with Crippen molar-refractivity contribution in [3.05, 3.63) is 86.1 Å². The molecule has 0 saturated carbocycles. The predicted octanol–water partition coefficient (Wildman–Crippen LogP) is 1.34. The monoisotopic (exact) mass is 438 g/mol. The minimum Gasteiger partial charge on any atom is -0.469 e. The number of aromatic nitrogens is 3. The van der Waals surface area contributed by atoms with Crippen LogP contribution >= 0.6 is 0 Å². The third-order valence-corrected chi connectivity index (χ3v) is 4.46. The van der Waals surface area contributed by atoms with Crippen LogP contribution in [-0.2, 0) is 16.0 Å². The summed E-state index contributed by atoms with van der Waals surface area (Å²) in [6.07, 6.45) is 2.65. The second kappa shape index (κ2) is 9.47. The number of nitro benzene ring substituents is 1. The van der Waals surface area contributed by atoms with Crippen molar-refractivity contribution < 1.29 is 19.2 Å². The van der Waals surface area contributed by atoms with Crippen LogP contribution in [0.15, 0.2) is 58.7 Å². The molecule has 3 aromatic rings. The molecule has 164 valence electrons. The number of nitro groups is 1. The van der Waals surface area contributed by atoms with Crippen molar-refractivity contribution in [3.8, 4) is 5.69 Å². The molecule has 2 N–H and O–H groups in total. The Morgan fingerprint density at radius 1 is 1.22 bits per heavy atom. The number of hydrogen-bond acceptors (Lipinski definition) is 8. The number of non-ortho nitro benzene ring substituents is 1. The standard InChI is InChI=1S/C20H18N6O6/c1-12(22-23-19(28)13-7-9-21-10-8-13)18-16(11-17(27)32-2)24-25(20(18)29)14-3-5-15(6-4-14)26(30)31/h3-10,24H,11H2,1-2H3,(H,23,28). The molecule has 0 unspecified atom stereocenters. The van der Waals surface area contributed by atoms with Gasteiger partial charge in [0.1, 0.15) is 0 Å². The predicted molar refractivity (Wildman–Crippen MR) is 113 cm³/mol. The molecule has 0 bridgehead atoms. The van der Waals surface area contributed by atoms with E-state index in [2.05, 4.69) is 25.3 Å². The Balaban J connectivity index is 1.99. The molecule has 1 amide bonds. The van der Waals surface area contributed by atoms with E-state index in [-0.39, 0.29) is 29.1 Å². The number of carbonyl (C=O) groups is 2. The summed E-state index contributed by atoms with van der Waals surface area (Å²) >= 11 is 0. The highest BCUT2D eigenvalue weighted by molar-refractivity contribution is 6.02. The number of rotatable bonds is 7. The largest absolute Gasteiger partial charge is 0.469 e. The van der Waals surface area contributed by atoms with Crippen LogP contribution in [-0.4, -0.2) is 44.4 Å². The molecule has 3 rings (SSSR count). The SMILES string of the molecule is COC(=O)Cc1[nH]n(-c2ccc([N+](=O)[O-])cc2)c(=O)c1C(C)=NNC(=O)c1ccncc1. The van der Waals surface area contributed by atoms with Gasteiger partial charge in [-0.2, -0.15) is 5.10 Å². The van der Waals surface area contributed by atoms with Crippen molar-refractivity contribution in [3.63, 3.8) is 0 Å². The number of nitrogens with one attached hydrogen (secondary N) is 2. The van der Waals surface area contributed by atoms with Gasteiger partial charge in [0.15, 0.2) is 0 Å². The van der Waals surface area contributed by atoms with Crippen LogP contribution < -0.4 is 11.0 Å². The van der Waals surface area contributed by atoms with Gasteiger partial charge < -0.3 is 4.74 Å². The van der Waals surface area contributed by atoms with E-state index >= 15 is 0 Å². The van der Waals surface area contributed by atoms with Crippen molar-refractivity contribution in [1.82, 2.24) is 20.2 Å². The van der Waals surface area contributed by atoms with Crippen molar-refractivity contribution in [1.29, 1.82) is 0 Å². The van der Waals surface area contributed by atoms with Crippen molar-refractivity contribution in [2.24, 2.45) is 5.10 Å². The summed E-state index contributed by atoms with van der Waals surface area (Å²) in [5.74, 6) is -1.11. The zero-order valence-electron chi connectivity index (χ0n) is 17.1. The molecule has 0 spiro atoms. The van der Waals surface area contributed by atoms with Crippen molar-refractivity contribution in [2.75, 3.05) is 7.11 Å². The highest BCUT2D eigenvalue weighted by Gasteiger charge is 2.21. The molecule has 0 aliphatic rings. The Hall–Kier alpha value is -4.61. The van der Waals surface area contributed by atoms with Crippen LogP contribution in [0.3, 0.4) is 0 Å². The van der Waals surface area contributed by atoms with E-state index in [1.165, 1.54) is 62.8 Å².